The summed E-state index contributed by atoms with van der Waals surface area (Å²) in [5, 5.41) is 24.6. The van der Waals surface area contributed by atoms with Gasteiger partial charge in [0, 0.05) is 6.42 Å². The number of para-hydroxylation sites is 1. The van der Waals surface area contributed by atoms with Crippen LogP contribution >= 0.6 is 0 Å². The van der Waals surface area contributed by atoms with Crippen molar-refractivity contribution >= 4 is 13.3 Å². The van der Waals surface area contributed by atoms with Crippen LogP contribution in [0, 0.1) is 0 Å². The Hall–Kier alpha value is -1.53. The van der Waals surface area contributed by atoms with Crippen molar-refractivity contribution in [3.8, 4) is 5.75 Å². The van der Waals surface area contributed by atoms with Gasteiger partial charge in [0.15, 0.2) is 0 Å². The highest BCUT2D eigenvalue weighted by Gasteiger charge is 2.09. The number of carboxylic acids is 1. The maximum atomic E-state index is 9.60. The van der Waals surface area contributed by atoms with Crippen LogP contribution in [0.15, 0.2) is 30.3 Å². The molecular formula is C10H15BO5. The Balaban J connectivity index is 0.000000325. The second-order valence-electron chi connectivity index (χ2n) is 2.90. The fourth-order valence-corrected chi connectivity index (χ4v) is 0.835. The van der Waals surface area contributed by atoms with E-state index in [2.05, 4.69) is 4.65 Å². The molecule has 1 aromatic carbocycles. The van der Waals surface area contributed by atoms with E-state index in [4.69, 9.17) is 15.2 Å². The van der Waals surface area contributed by atoms with Crippen molar-refractivity contribution in [3.63, 3.8) is 0 Å². The van der Waals surface area contributed by atoms with Crippen LogP contribution in [-0.2, 0) is 4.79 Å². The SMILES string of the molecule is CCCC(=O)O.OB(O)Oc1ccccc1. The van der Waals surface area contributed by atoms with E-state index in [1.807, 2.05) is 13.0 Å². The molecule has 0 aliphatic rings. The van der Waals surface area contributed by atoms with Gasteiger partial charge in [-0.15, -0.1) is 0 Å². The summed E-state index contributed by atoms with van der Waals surface area (Å²) >= 11 is 0. The lowest BCUT2D eigenvalue weighted by Crippen LogP contribution is -2.20. The van der Waals surface area contributed by atoms with E-state index in [9.17, 15) is 4.79 Å². The molecule has 3 N–H and O–H groups in total. The van der Waals surface area contributed by atoms with Crippen molar-refractivity contribution in [1.82, 2.24) is 0 Å². The van der Waals surface area contributed by atoms with Crippen LogP contribution in [0.25, 0.3) is 0 Å². The Morgan fingerprint density at radius 3 is 2.19 bits per heavy atom. The highest BCUT2D eigenvalue weighted by molar-refractivity contribution is 6.33. The van der Waals surface area contributed by atoms with Crippen LogP contribution in [0.3, 0.4) is 0 Å². The van der Waals surface area contributed by atoms with Crippen molar-refractivity contribution in [1.29, 1.82) is 0 Å². The zero-order valence-electron chi connectivity index (χ0n) is 9.04. The molecule has 0 spiro atoms. The van der Waals surface area contributed by atoms with Gasteiger partial charge in [-0.25, -0.2) is 0 Å². The van der Waals surface area contributed by atoms with Crippen molar-refractivity contribution in [2.45, 2.75) is 19.8 Å². The van der Waals surface area contributed by atoms with Crippen molar-refractivity contribution in [3.05, 3.63) is 30.3 Å². The normalized spacial score (nSPS) is 8.69. The number of aliphatic carboxylic acids is 1. The zero-order chi connectivity index (χ0) is 12.4. The zero-order valence-corrected chi connectivity index (χ0v) is 9.04. The molecule has 0 saturated heterocycles. The van der Waals surface area contributed by atoms with Gasteiger partial charge in [0.25, 0.3) is 0 Å². The third kappa shape index (κ3) is 9.05. The van der Waals surface area contributed by atoms with Crippen molar-refractivity contribution in [2.24, 2.45) is 0 Å². The Kier molecular flexibility index (Phi) is 7.92. The number of hydrogen-bond acceptors (Lipinski definition) is 4. The van der Waals surface area contributed by atoms with Gasteiger partial charge in [0.05, 0.1) is 0 Å². The average molecular weight is 226 g/mol. The summed E-state index contributed by atoms with van der Waals surface area (Å²) in [5.74, 6) is -0.269. The second kappa shape index (κ2) is 8.76. The van der Waals surface area contributed by atoms with Crippen LogP contribution in [-0.4, -0.2) is 28.4 Å². The maximum Gasteiger partial charge on any atom is 0.707 e. The molecular weight excluding hydrogens is 211 g/mol. The lowest BCUT2D eigenvalue weighted by atomic mass is 10.2. The van der Waals surface area contributed by atoms with E-state index in [0.29, 0.717) is 12.2 Å². The molecule has 0 heterocycles. The Morgan fingerprint density at radius 2 is 1.88 bits per heavy atom. The smallest absolute Gasteiger partial charge is 0.512 e. The summed E-state index contributed by atoms with van der Waals surface area (Å²) in [6.07, 6.45) is 1.02. The standard InChI is InChI=1S/C6H7BO3.C4H8O2/c8-7(9)10-6-4-2-1-3-5-6;1-2-3-4(5)6/h1-5,8-9H;2-3H2,1H3,(H,5,6). The topological polar surface area (TPSA) is 87.0 Å². The van der Waals surface area contributed by atoms with Gasteiger partial charge in [-0.1, -0.05) is 25.1 Å². The largest absolute Gasteiger partial charge is 0.707 e. The quantitative estimate of drug-likeness (QED) is 0.664. The third-order valence-corrected chi connectivity index (χ3v) is 1.45. The van der Waals surface area contributed by atoms with Crippen molar-refractivity contribution < 1.29 is 24.6 Å². The molecule has 0 bridgehead atoms. The van der Waals surface area contributed by atoms with E-state index in [1.165, 1.54) is 0 Å². The van der Waals surface area contributed by atoms with Gasteiger partial charge in [0.1, 0.15) is 5.75 Å². The van der Waals surface area contributed by atoms with Gasteiger partial charge >= 0.3 is 13.3 Å². The Morgan fingerprint density at radius 1 is 1.31 bits per heavy atom. The first-order valence-electron chi connectivity index (χ1n) is 4.86. The van der Waals surface area contributed by atoms with Crippen LogP contribution in [0.4, 0.5) is 0 Å². The summed E-state index contributed by atoms with van der Waals surface area (Å²) in [5.41, 5.74) is 0. The maximum absolute atomic E-state index is 9.60. The van der Waals surface area contributed by atoms with E-state index in [0.717, 1.165) is 6.42 Å². The Bertz CT molecular complexity index is 289. The monoisotopic (exact) mass is 226 g/mol. The molecule has 5 nitrogen and oxygen atoms in total. The van der Waals surface area contributed by atoms with Gasteiger partial charge in [-0.3, -0.25) is 4.79 Å². The molecule has 0 unspecified atom stereocenters. The summed E-state index contributed by atoms with van der Waals surface area (Å²) in [6.45, 7) is 1.84. The predicted octanol–water partition coefficient (Wildman–Crippen LogP) is 0.906. The van der Waals surface area contributed by atoms with Gasteiger partial charge in [-0.2, -0.15) is 0 Å². The molecule has 16 heavy (non-hydrogen) atoms. The number of carboxylic acid groups (broad SMARTS) is 1. The fourth-order valence-electron chi connectivity index (χ4n) is 0.835. The molecule has 88 valence electrons. The molecule has 0 fully saturated rings. The Labute approximate surface area is 94.5 Å². The molecule has 0 aromatic heterocycles. The first-order chi connectivity index (χ1) is 7.56. The fraction of sp³-hybridized carbons (Fsp3) is 0.300. The minimum absolute atomic E-state index is 0.292. The second-order valence-corrected chi connectivity index (χ2v) is 2.90. The van der Waals surface area contributed by atoms with Gasteiger partial charge in [-0.05, 0) is 18.6 Å². The molecule has 0 saturated carbocycles. The average Bonchev–Trinajstić information content (AvgIpc) is 2.18. The molecule has 0 radical (unpaired) electrons. The molecule has 0 aliphatic heterocycles. The van der Waals surface area contributed by atoms with Gasteiger partial charge in [0.2, 0.25) is 0 Å². The first kappa shape index (κ1) is 14.5. The van der Waals surface area contributed by atoms with E-state index < -0.39 is 13.3 Å². The minimum atomic E-state index is -1.73. The van der Waals surface area contributed by atoms with Crippen LogP contribution in [0.5, 0.6) is 5.75 Å². The molecule has 1 aromatic rings. The van der Waals surface area contributed by atoms with E-state index >= 15 is 0 Å². The lowest BCUT2D eigenvalue weighted by Gasteiger charge is -2.01. The van der Waals surface area contributed by atoms with E-state index in [1.54, 1.807) is 24.3 Å². The highest BCUT2D eigenvalue weighted by atomic mass is 16.6. The van der Waals surface area contributed by atoms with Crippen LogP contribution < -0.4 is 4.65 Å². The summed E-state index contributed by atoms with van der Waals surface area (Å²) in [4.78, 5) is 9.60. The highest BCUT2D eigenvalue weighted by Crippen LogP contribution is 2.07. The minimum Gasteiger partial charge on any atom is -0.512 e. The number of rotatable bonds is 4. The molecule has 0 amide bonds. The lowest BCUT2D eigenvalue weighted by molar-refractivity contribution is -0.137. The molecule has 0 aliphatic carbocycles. The summed E-state index contributed by atoms with van der Waals surface area (Å²) < 4.78 is 4.53. The first-order valence-corrected chi connectivity index (χ1v) is 4.86. The summed E-state index contributed by atoms with van der Waals surface area (Å²) in [7, 11) is -1.73. The summed E-state index contributed by atoms with van der Waals surface area (Å²) in [6, 6.07) is 8.59. The van der Waals surface area contributed by atoms with Crippen molar-refractivity contribution in [2.75, 3.05) is 0 Å². The molecule has 6 heteroatoms. The molecule has 1 rings (SSSR count). The predicted molar refractivity (Wildman–Crippen MR) is 59.8 cm³/mol. The number of carbonyl (C=O) groups is 1. The molecule has 0 atom stereocenters. The van der Waals surface area contributed by atoms with Crippen LogP contribution in [0.1, 0.15) is 19.8 Å². The van der Waals surface area contributed by atoms with Crippen LogP contribution in [0.2, 0.25) is 0 Å². The number of hydrogen-bond donors (Lipinski definition) is 3. The number of benzene rings is 1. The third-order valence-electron chi connectivity index (χ3n) is 1.45. The van der Waals surface area contributed by atoms with Gasteiger partial charge < -0.3 is 19.8 Å². The van der Waals surface area contributed by atoms with E-state index in [-0.39, 0.29) is 0 Å².